The first kappa shape index (κ1) is 10.8. The number of aromatic nitrogens is 2. The van der Waals surface area contributed by atoms with Gasteiger partial charge in [-0.15, -0.1) is 0 Å². The van der Waals surface area contributed by atoms with Crippen LogP contribution in [0.2, 0.25) is 0 Å². The molecule has 0 spiro atoms. The molecule has 0 saturated carbocycles. The van der Waals surface area contributed by atoms with Crippen LogP contribution in [-0.4, -0.2) is 47.1 Å². The number of nitrogens with zero attached hydrogens (tertiary/aromatic N) is 4. The van der Waals surface area contributed by atoms with E-state index in [0.29, 0.717) is 11.9 Å². The molecule has 1 aromatic rings. The Hall–Kier alpha value is -1.36. The molecule has 0 aliphatic carbocycles. The molecule has 0 aromatic carbocycles. The molecule has 5 nitrogen and oxygen atoms in total. The van der Waals surface area contributed by atoms with Gasteiger partial charge in [-0.1, -0.05) is 0 Å². The van der Waals surface area contributed by atoms with Crippen molar-refractivity contribution in [3.8, 4) is 0 Å². The van der Waals surface area contributed by atoms with Crippen LogP contribution in [-0.2, 0) is 0 Å². The van der Waals surface area contributed by atoms with Gasteiger partial charge in [-0.2, -0.15) is 0 Å². The number of nitrogen functional groups attached to an aromatic ring is 1. The molecule has 2 fully saturated rings. The van der Waals surface area contributed by atoms with Crippen molar-refractivity contribution in [1.29, 1.82) is 0 Å². The van der Waals surface area contributed by atoms with Crippen molar-refractivity contribution in [3.05, 3.63) is 12.4 Å². The molecular weight excluding hydrogens is 214 g/mol. The summed E-state index contributed by atoms with van der Waals surface area (Å²) < 4.78 is 0. The lowest BCUT2D eigenvalue weighted by Crippen LogP contribution is -2.37. The van der Waals surface area contributed by atoms with Crippen LogP contribution in [0.3, 0.4) is 0 Å². The topological polar surface area (TPSA) is 58.3 Å². The van der Waals surface area contributed by atoms with Gasteiger partial charge in [-0.05, 0) is 25.8 Å². The van der Waals surface area contributed by atoms with Crippen LogP contribution < -0.4 is 10.6 Å². The van der Waals surface area contributed by atoms with Gasteiger partial charge in [0.15, 0.2) is 0 Å². The van der Waals surface area contributed by atoms with Crippen molar-refractivity contribution < 1.29 is 0 Å². The zero-order valence-corrected chi connectivity index (χ0v) is 10.0. The van der Waals surface area contributed by atoms with Gasteiger partial charge in [-0.3, -0.25) is 4.90 Å². The molecule has 92 valence electrons. The summed E-state index contributed by atoms with van der Waals surface area (Å²) in [5.41, 5.74) is 5.57. The Kier molecular flexibility index (Phi) is 2.84. The Morgan fingerprint density at radius 1 is 1.12 bits per heavy atom. The molecule has 2 N–H and O–H groups in total. The predicted molar refractivity (Wildman–Crippen MR) is 67.9 cm³/mol. The summed E-state index contributed by atoms with van der Waals surface area (Å²) in [7, 11) is 0. The van der Waals surface area contributed by atoms with E-state index in [9.17, 15) is 0 Å². The van der Waals surface area contributed by atoms with Gasteiger partial charge in [0.05, 0.1) is 12.4 Å². The molecule has 0 radical (unpaired) electrons. The molecule has 0 amide bonds. The Morgan fingerprint density at radius 3 is 2.82 bits per heavy atom. The Bertz CT molecular complexity index is 377. The van der Waals surface area contributed by atoms with Gasteiger partial charge < -0.3 is 10.6 Å². The van der Waals surface area contributed by atoms with Crippen molar-refractivity contribution in [2.24, 2.45) is 0 Å². The highest BCUT2D eigenvalue weighted by atomic mass is 15.3. The van der Waals surface area contributed by atoms with E-state index < -0.39 is 0 Å². The average Bonchev–Trinajstić information content (AvgIpc) is 2.68. The maximum Gasteiger partial charge on any atom is 0.147 e. The van der Waals surface area contributed by atoms with Crippen LogP contribution in [0.5, 0.6) is 0 Å². The third-order valence-electron chi connectivity index (χ3n) is 3.79. The summed E-state index contributed by atoms with van der Waals surface area (Å²) in [6.45, 7) is 4.65. The fraction of sp³-hybridized carbons (Fsp3) is 0.667. The fourth-order valence-electron chi connectivity index (χ4n) is 2.91. The van der Waals surface area contributed by atoms with Crippen molar-refractivity contribution in [2.45, 2.75) is 25.3 Å². The summed E-state index contributed by atoms with van der Waals surface area (Å²) in [5, 5.41) is 0. The van der Waals surface area contributed by atoms with Crippen LogP contribution in [0.25, 0.3) is 0 Å². The summed E-state index contributed by atoms with van der Waals surface area (Å²) in [4.78, 5) is 13.5. The zero-order chi connectivity index (χ0) is 11.7. The van der Waals surface area contributed by atoms with Gasteiger partial charge >= 0.3 is 0 Å². The first-order valence-electron chi connectivity index (χ1n) is 6.39. The van der Waals surface area contributed by atoms with Crippen LogP contribution in [0, 0.1) is 0 Å². The lowest BCUT2D eigenvalue weighted by Gasteiger charge is -2.26. The number of fused-ring (bicyclic) bond motifs is 1. The molecule has 1 atom stereocenters. The average molecular weight is 233 g/mol. The molecule has 1 aromatic heterocycles. The fourth-order valence-corrected chi connectivity index (χ4v) is 2.91. The second kappa shape index (κ2) is 4.49. The number of anilines is 2. The minimum atomic E-state index is 0.492. The molecule has 3 rings (SSSR count). The van der Waals surface area contributed by atoms with Crippen LogP contribution in [0.4, 0.5) is 11.6 Å². The molecule has 2 aliphatic heterocycles. The van der Waals surface area contributed by atoms with E-state index in [1.807, 2.05) is 0 Å². The number of nitrogens with two attached hydrogens (primary N) is 1. The minimum Gasteiger partial charge on any atom is -0.382 e. The molecule has 2 saturated heterocycles. The van der Waals surface area contributed by atoms with Gasteiger partial charge in [0, 0.05) is 25.7 Å². The van der Waals surface area contributed by atoms with Crippen LogP contribution >= 0.6 is 0 Å². The van der Waals surface area contributed by atoms with Crippen molar-refractivity contribution in [1.82, 2.24) is 14.9 Å². The highest BCUT2D eigenvalue weighted by molar-refractivity contribution is 5.39. The highest BCUT2D eigenvalue weighted by Gasteiger charge is 2.29. The highest BCUT2D eigenvalue weighted by Crippen LogP contribution is 2.23. The van der Waals surface area contributed by atoms with Gasteiger partial charge in [-0.25, -0.2) is 9.97 Å². The van der Waals surface area contributed by atoms with E-state index in [-0.39, 0.29) is 0 Å². The third-order valence-corrected chi connectivity index (χ3v) is 3.79. The molecule has 17 heavy (non-hydrogen) atoms. The van der Waals surface area contributed by atoms with Crippen LogP contribution in [0.1, 0.15) is 19.3 Å². The SMILES string of the molecule is Nc1cnc(N2CCCN3CCCC3C2)cn1. The Balaban J connectivity index is 1.76. The Morgan fingerprint density at radius 2 is 2.00 bits per heavy atom. The minimum absolute atomic E-state index is 0.492. The molecular formula is C12H19N5. The van der Waals surface area contributed by atoms with E-state index in [1.165, 1.54) is 32.4 Å². The second-order valence-corrected chi connectivity index (χ2v) is 4.93. The normalized spacial score (nSPS) is 25.6. The van der Waals surface area contributed by atoms with Crippen molar-refractivity contribution >= 4 is 11.6 Å². The smallest absolute Gasteiger partial charge is 0.147 e. The summed E-state index contributed by atoms with van der Waals surface area (Å²) in [6.07, 6.45) is 7.31. The van der Waals surface area contributed by atoms with Crippen LogP contribution in [0.15, 0.2) is 12.4 Å². The second-order valence-electron chi connectivity index (χ2n) is 4.93. The largest absolute Gasteiger partial charge is 0.382 e. The van der Waals surface area contributed by atoms with E-state index in [2.05, 4.69) is 19.8 Å². The first-order valence-corrected chi connectivity index (χ1v) is 6.39. The van der Waals surface area contributed by atoms with Gasteiger partial charge in [0.25, 0.3) is 0 Å². The lowest BCUT2D eigenvalue weighted by atomic mass is 10.2. The van der Waals surface area contributed by atoms with E-state index in [0.717, 1.165) is 18.9 Å². The van der Waals surface area contributed by atoms with Gasteiger partial charge in [0.1, 0.15) is 11.6 Å². The first-order chi connectivity index (χ1) is 8.33. The van der Waals surface area contributed by atoms with E-state index >= 15 is 0 Å². The number of rotatable bonds is 1. The summed E-state index contributed by atoms with van der Waals surface area (Å²) >= 11 is 0. The van der Waals surface area contributed by atoms with E-state index in [4.69, 9.17) is 5.73 Å². The molecule has 5 heteroatoms. The van der Waals surface area contributed by atoms with Crippen molar-refractivity contribution in [3.63, 3.8) is 0 Å². The van der Waals surface area contributed by atoms with Crippen molar-refractivity contribution in [2.75, 3.05) is 36.8 Å². The molecule has 3 heterocycles. The summed E-state index contributed by atoms with van der Waals surface area (Å²) in [6, 6.07) is 0.705. The third kappa shape index (κ3) is 2.20. The summed E-state index contributed by atoms with van der Waals surface area (Å²) in [5.74, 6) is 1.46. The molecule has 1 unspecified atom stereocenters. The number of hydrogen-bond donors (Lipinski definition) is 1. The van der Waals surface area contributed by atoms with E-state index in [1.54, 1.807) is 12.4 Å². The zero-order valence-electron chi connectivity index (χ0n) is 10.0. The lowest BCUT2D eigenvalue weighted by molar-refractivity contribution is 0.273. The Labute approximate surface area is 102 Å². The molecule has 2 aliphatic rings. The maximum absolute atomic E-state index is 5.57. The van der Waals surface area contributed by atoms with Gasteiger partial charge in [0.2, 0.25) is 0 Å². The molecule has 0 bridgehead atoms. The number of hydrogen-bond acceptors (Lipinski definition) is 5. The predicted octanol–water partition coefficient (Wildman–Crippen LogP) is 0.733. The maximum atomic E-state index is 5.57. The standard InChI is InChI=1S/C12H19N5/c13-11-7-15-12(8-14-11)17-6-2-5-16-4-1-3-10(16)9-17/h7-8,10H,1-6,9H2,(H2,13,14). The monoisotopic (exact) mass is 233 g/mol. The quantitative estimate of drug-likeness (QED) is 0.775.